The van der Waals surface area contributed by atoms with E-state index in [0.29, 0.717) is 0 Å². The van der Waals surface area contributed by atoms with Crippen LogP contribution in [0, 0.1) is 0 Å². The molecule has 0 bridgehead atoms. The Morgan fingerprint density at radius 1 is 1.00 bits per heavy atom. The molecule has 0 saturated heterocycles. The minimum Gasteiger partial charge on any atom is -0.353 e. The maximum atomic E-state index is 12.0. The summed E-state index contributed by atoms with van der Waals surface area (Å²) in [5, 5.41) is 8.78. The van der Waals surface area contributed by atoms with Crippen molar-refractivity contribution >= 4 is 11.8 Å². The number of amides is 2. The maximum Gasteiger partial charge on any atom is 0.237 e. The molecule has 0 fully saturated rings. The van der Waals surface area contributed by atoms with Crippen LogP contribution in [0.2, 0.25) is 0 Å². The predicted octanol–water partition coefficient (Wildman–Crippen LogP) is 1.18. The molecule has 2 unspecified atom stereocenters. The molecule has 0 saturated carbocycles. The van der Waals surface area contributed by atoms with E-state index >= 15 is 0 Å². The smallest absolute Gasteiger partial charge is 0.237 e. The van der Waals surface area contributed by atoms with Gasteiger partial charge in [-0.2, -0.15) is 0 Å². The number of nitrogens with one attached hydrogen (secondary N) is 3. The Hall–Kier alpha value is -1.10. The molecule has 3 N–H and O–H groups in total. The third-order valence-corrected chi connectivity index (χ3v) is 3.06. The quantitative estimate of drug-likeness (QED) is 0.651. The first kappa shape index (κ1) is 17.9. The summed E-state index contributed by atoms with van der Waals surface area (Å²) in [5.41, 5.74) is -0.226. The Morgan fingerprint density at radius 2 is 1.47 bits per heavy atom. The maximum absolute atomic E-state index is 12.0. The van der Waals surface area contributed by atoms with Gasteiger partial charge in [0.1, 0.15) is 0 Å². The van der Waals surface area contributed by atoms with Crippen molar-refractivity contribution in [1.29, 1.82) is 0 Å². The molecule has 0 heterocycles. The average molecular weight is 271 g/mol. The highest BCUT2D eigenvalue weighted by molar-refractivity contribution is 5.85. The lowest BCUT2D eigenvalue weighted by atomic mass is 10.0. The molecule has 2 amide bonds. The van der Waals surface area contributed by atoms with Gasteiger partial charge in [-0.3, -0.25) is 14.9 Å². The van der Waals surface area contributed by atoms with Gasteiger partial charge in [-0.25, -0.2) is 0 Å². The summed E-state index contributed by atoms with van der Waals surface area (Å²) in [6.45, 7) is 13.3. The van der Waals surface area contributed by atoms with Crippen molar-refractivity contribution in [3.63, 3.8) is 0 Å². The molecular formula is C14H29N3O2. The monoisotopic (exact) mass is 271 g/mol. The molecule has 19 heavy (non-hydrogen) atoms. The Balaban J connectivity index is 4.33. The second-order valence-electron chi connectivity index (χ2n) is 6.00. The van der Waals surface area contributed by atoms with Crippen LogP contribution in [0.1, 0.15) is 54.9 Å². The second-order valence-corrected chi connectivity index (χ2v) is 6.00. The standard InChI is InChI=1S/C14H29N3O2/c1-8-14(6,7)17-13(19)11(5)16-10(4)12(18)15-9(2)3/h9-11,16H,8H2,1-7H3,(H,15,18)(H,17,19). The third kappa shape index (κ3) is 7.15. The topological polar surface area (TPSA) is 70.2 Å². The Labute approximate surface area is 116 Å². The Kier molecular flexibility index (Phi) is 7.05. The summed E-state index contributed by atoms with van der Waals surface area (Å²) in [7, 11) is 0. The summed E-state index contributed by atoms with van der Waals surface area (Å²) in [6.07, 6.45) is 0.856. The van der Waals surface area contributed by atoms with Gasteiger partial charge in [0.25, 0.3) is 0 Å². The minimum atomic E-state index is -0.404. The number of hydrogen-bond acceptors (Lipinski definition) is 3. The van der Waals surface area contributed by atoms with Gasteiger partial charge in [0.2, 0.25) is 11.8 Å². The highest BCUT2D eigenvalue weighted by Gasteiger charge is 2.24. The van der Waals surface area contributed by atoms with E-state index in [1.165, 1.54) is 0 Å². The van der Waals surface area contributed by atoms with E-state index in [-0.39, 0.29) is 23.4 Å². The van der Waals surface area contributed by atoms with Crippen LogP contribution in [-0.4, -0.2) is 35.5 Å². The van der Waals surface area contributed by atoms with Gasteiger partial charge < -0.3 is 10.6 Å². The van der Waals surface area contributed by atoms with Crippen LogP contribution in [0.15, 0.2) is 0 Å². The van der Waals surface area contributed by atoms with Gasteiger partial charge >= 0.3 is 0 Å². The summed E-state index contributed by atoms with van der Waals surface area (Å²) >= 11 is 0. The zero-order chi connectivity index (χ0) is 15.2. The van der Waals surface area contributed by atoms with E-state index in [1.807, 2.05) is 34.6 Å². The summed E-state index contributed by atoms with van der Waals surface area (Å²) in [5.74, 6) is -0.180. The first-order chi connectivity index (χ1) is 8.59. The van der Waals surface area contributed by atoms with Crippen molar-refractivity contribution in [2.24, 2.45) is 0 Å². The molecule has 112 valence electrons. The Bertz CT molecular complexity index is 314. The van der Waals surface area contributed by atoms with Crippen molar-refractivity contribution in [1.82, 2.24) is 16.0 Å². The van der Waals surface area contributed by atoms with Crippen LogP contribution in [-0.2, 0) is 9.59 Å². The van der Waals surface area contributed by atoms with Crippen LogP contribution in [0.4, 0.5) is 0 Å². The molecular weight excluding hydrogens is 242 g/mol. The summed E-state index contributed by atoms with van der Waals surface area (Å²) in [4.78, 5) is 23.7. The van der Waals surface area contributed by atoms with Crippen molar-refractivity contribution in [3.8, 4) is 0 Å². The second kappa shape index (κ2) is 7.48. The normalized spacial score (nSPS) is 14.9. The first-order valence-corrected chi connectivity index (χ1v) is 6.97. The van der Waals surface area contributed by atoms with Crippen LogP contribution in [0.25, 0.3) is 0 Å². The highest BCUT2D eigenvalue weighted by atomic mass is 16.2. The molecule has 0 aliphatic rings. The first-order valence-electron chi connectivity index (χ1n) is 6.97. The summed E-state index contributed by atoms with van der Waals surface area (Å²) < 4.78 is 0. The van der Waals surface area contributed by atoms with Gasteiger partial charge in [-0.15, -0.1) is 0 Å². The van der Waals surface area contributed by atoms with Crippen molar-refractivity contribution < 1.29 is 9.59 Å². The largest absolute Gasteiger partial charge is 0.353 e. The minimum absolute atomic E-state index is 0.0870. The molecule has 0 aliphatic carbocycles. The molecule has 0 aromatic rings. The van der Waals surface area contributed by atoms with E-state index in [9.17, 15) is 9.59 Å². The van der Waals surface area contributed by atoms with E-state index in [1.54, 1.807) is 13.8 Å². The fraction of sp³-hybridized carbons (Fsp3) is 0.857. The lowest BCUT2D eigenvalue weighted by Gasteiger charge is -2.28. The SMILES string of the molecule is CCC(C)(C)NC(=O)C(C)NC(C)C(=O)NC(C)C. The fourth-order valence-corrected chi connectivity index (χ4v) is 1.47. The van der Waals surface area contributed by atoms with Gasteiger partial charge in [0.15, 0.2) is 0 Å². The zero-order valence-corrected chi connectivity index (χ0v) is 13.3. The molecule has 0 radical (unpaired) electrons. The van der Waals surface area contributed by atoms with Crippen LogP contribution >= 0.6 is 0 Å². The van der Waals surface area contributed by atoms with E-state index in [4.69, 9.17) is 0 Å². The summed E-state index contributed by atoms with van der Waals surface area (Å²) in [6, 6.07) is -0.702. The average Bonchev–Trinajstić information content (AvgIpc) is 2.27. The van der Waals surface area contributed by atoms with Crippen molar-refractivity contribution in [2.45, 2.75) is 78.6 Å². The molecule has 2 atom stereocenters. The van der Waals surface area contributed by atoms with E-state index in [0.717, 1.165) is 6.42 Å². The lowest BCUT2D eigenvalue weighted by molar-refractivity contribution is -0.126. The number of carbonyl (C=O) groups is 2. The van der Waals surface area contributed by atoms with Crippen LogP contribution in [0.5, 0.6) is 0 Å². The van der Waals surface area contributed by atoms with Gasteiger partial charge in [-0.05, 0) is 48.0 Å². The van der Waals surface area contributed by atoms with E-state index < -0.39 is 12.1 Å². The Morgan fingerprint density at radius 3 is 1.89 bits per heavy atom. The highest BCUT2D eigenvalue weighted by Crippen LogP contribution is 2.07. The van der Waals surface area contributed by atoms with Gasteiger partial charge in [-0.1, -0.05) is 6.92 Å². The third-order valence-electron chi connectivity index (χ3n) is 3.06. The van der Waals surface area contributed by atoms with Crippen molar-refractivity contribution in [2.75, 3.05) is 0 Å². The van der Waals surface area contributed by atoms with Crippen LogP contribution in [0.3, 0.4) is 0 Å². The predicted molar refractivity (Wildman–Crippen MR) is 77.9 cm³/mol. The molecule has 0 aromatic heterocycles. The molecule has 0 aliphatic heterocycles. The number of hydrogen-bond donors (Lipinski definition) is 3. The zero-order valence-electron chi connectivity index (χ0n) is 13.3. The van der Waals surface area contributed by atoms with Gasteiger partial charge in [0, 0.05) is 11.6 Å². The number of rotatable bonds is 7. The molecule has 5 nitrogen and oxygen atoms in total. The molecule has 0 spiro atoms. The van der Waals surface area contributed by atoms with Gasteiger partial charge in [0.05, 0.1) is 12.1 Å². The lowest BCUT2D eigenvalue weighted by Crippen LogP contribution is -2.55. The van der Waals surface area contributed by atoms with Crippen LogP contribution < -0.4 is 16.0 Å². The molecule has 0 aromatic carbocycles. The van der Waals surface area contributed by atoms with Crippen molar-refractivity contribution in [3.05, 3.63) is 0 Å². The number of carbonyl (C=O) groups excluding carboxylic acids is 2. The van der Waals surface area contributed by atoms with E-state index in [2.05, 4.69) is 16.0 Å². The molecule has 5 heteroatoms. The fourth-order valence-electron chi connectivity index (χ4n) is 1.47. The molecule has 0 rings (SSSR count).